The first-order valence-electron chi connectivity index (χ1n) is 10.5. The monoisotopic (exact) mass is 436 g/mol. The fourth-order valence-corrected chi connectivity index (χ4v) is 3.85. The second kappa shape index (κ2) is 9.40. The van der Waals surface area contributed by atoms with Crippen molar-refractivity contribution in [2.45, 2.75) is 18.5 Å². The first-order chi connectivity index (χ1) is 15.4. The lowest BCUT2D eigenvalue weighted by Crippen LogP contribution is -2.28. The van der Waals surface area contributed by atoms with Gasteiger partial charge in [-0.1, -0.05) is 60.7 Å². The summed E-state index contributed by atoms with van der Waals surface area (Å²) >= 11 is 0. The second-order valence-corrected chi connectivity index (χ2v) is 7.72. The molecule has 4 aromatic rings. The highest BCUT2D eigenvalue weighted by Gasteiger charge is 2.30. The molecular weight excluding hydrogens is 413 g/mol. The van der Waals surface area contributed by atoms with Gasteiger partial charge < -0.3 is 10.3 Å². The average molecular weight is 436 g/mol. The first kappa shape index (κ1) is 21.8. The van der Waals surface area contributed by atoms with Crippen molar-refractivity contribution in [2.24, 2.45) is 0 Å². The van der Waals surface area contributed by atoms with Crippen LogP contribution in [0.3, 0.4) is 0 Å². The molecule has 0 saturated heterocycles. The fourth-order valence-electron chi connectivity index (χ4n) is 3.85. The molecule has 0 spiro atoms. The quantitative estimate of drug-likeness (QED) is 0.263. The van der Waals surface area contributed by atoms with Crippen LogP contribution in [-0.2, 0) is 12.6 Å². The van der Waals surface area contributed by atoms with Gasteiger partial charge in [0.1, 0.15) is 0 Å². The van der Waals surface area contributed by atoms with Gasteiger partial charge in [-0.25, -0.2) is 0 Å². The number of para-hydroxylation sites is 1. The van der Waals surface area contributed by atoms with Crippen molar-refractivity contribution in [3.8, 4) is 0 Å². The number of alkyl halides is 3. The normalized spacial score (nSPS) is 12.7. The second-order valence-electron chi connectivity index (χ2n) is 7.72. The zero-order chi connectivity index (χ0) is 22.6. The summed E-state index contributed by atoms with van der Waals surface area (Å²) in [4.78, 5) is 16.6. The van der Waals surface area contributed by atoms with E-state index in [1.165, 1.54) is 12.1 Å². The molecule has 0 aliphatic carbocycles. The van der Waals surface area contributed by atoms with Gasteiger partial charge in [-0.15, -0.1) is 0 Å². The molecule has 0 aliphatic rings. The Morgan fingerprint density at radius 3 is 2.31 bits per heavy atom. The molecule has 1 atom stereocenters. The van der Waals surface area contributed by atoms with Crippen LogP contribution in [0.5, 0.6) is 0 Å². The molecule has 4 rings (SSSR count). The Balaban J connectivity index is 1.44. The number of halogens is 3. The summed E-state index contributed by atoms with van der Waals surface area (Å²) in [7, 11) is 0. The number of benzene rings is 3. The number of carbonyl (C=O) groups excluding carboxylic acids is 1. The molecule has 0 aliphatic heterocycles. The zero-order valence-electron chi connectivity index (χ0n) is 17.3. The summed E-state index contributed by atoms with van der Waals surface area (Å²) in [5, 5.41) is 4.21. The van der Waals surface area contributed by atoms with Gasteiger partial charge in [0.05, 0.1) is 11.5 Å². The summed E-state index contributed by atoms with van der Waals surface area (Å²) in [5.74, 6) is -0.348. The van der Waals surface area contributed by atoms with Crippen LogP contribution in [-0.4, -0.2) is 23.9 Å². The molecular formula is C26H23F3N2O. The predicted octanol–water partition coefficient (Wildman–Crippen LogP) is 5.99. The molecule has 0 amide bonds. The predicted molar refractivity (Wildman–Crippen MR) is 120 cm³/mol. The molecule has 164 valence electrons. The van der Waals surface area contributed by atoms with Crippen LogP contribution in [0, 0.1) is 0 Å². The summed E-state index contributed by atoms with van der Waals surface area (Å²) < 4.78 is 38.2. The van der Waals surface area contributed by atoms with E-state index >= 15 is 0 Å². The molecule has 0 fully saturated rings. The lowest BCUT2D eigenvalue weighted by atomic mass is 9.90. The minimum Gasteiger partial charge on any atom is -0.360 e. The van der Waals surface area contributed by atoms with Gasteiger partial charge in [-0.05, 0) is 42.3 Å². The Bertz CT molecular complexity index is 1180. The molecule has 0 saturated carbocycles. The molecule has 3 aromatic carbocycles. The highest BCUT2D eigenvalue weighted by Crippen LogP contribution is 2.29. The van der Waals surface area contributed by atoms with Crippen molar-refractivity contribution in [3.05, 3.63) is 107 Å². The number of ketones is 1. The Hall–Kier alpha value is -3.38. The van der Waals surface area contributed by atoms with Crippen LogP contribution in [0.25, 0.3) is 10.9 Å². The number of rotatable bonds is 8. The minimum absolute atomic E-state index is 0.0238. The van der Waals surface area contributed by atoms with E-state index in [1.807, 2.05) is 54.6 Å². The molecule has 1 unspecified atom stereocenters. The van der Waals surface area contributed by atoms with Crippen molar-refractivity contribution in [3.63, 3.8) is 0 Å². The Morgan fingerprint density at radius 1 is 0.906 bits per heavy atom. The molecule has 3 nitrogen and oxygen atoms in total. The Morgan fingerprint density at radius 2 is 1.59 bits per heavy atom. The summed E-state index contributed by atoms with van der Waals surface area (Å²) in [6, 6.07) is 22.5. The van der Waals surface area contributed by atoms with Crippen molar-refractivity contribution in [1.29, 1.82) is 0 Å². The fraction of sp³-hybridized carbons (Fsp3) is 0.192. The number of aromatic amines is 1. The van der Waals surface area contributed by atoms with E-state index in [2.05, 4.69) is 10.3 Å². The van der Waals surface area contributed by atoms with Crippen molar-refractivity contribution >= 4 is 16.7 Å². The Labute approximate surface area is 184 Å². The van der Waals surface area contributed by atoms with Gasteiger partial charge in [0.15, 0.2) is 5.78 Å². The molecule has 6 heteroatoms. The molecule has 2 N–H and O–H groups in total. The van der Waals surface area contributed by atoms with Crippen LogP contribution >= 0.6 is 0 Å². The number of carbonyl (C=O) groups is 1. The van der Waals surface area contributed by atoms with E-state index in [1.54, 1.807) is 6.20 Å². The number of nitrogens with one attached hydrogen (secondary N) is 2. The van der Waals surface area contributed by atoms with Gasteiger partial charge in [0, 0.05) is 29.2 Å². The van der Waals surface area contributed by atoms with E-state index in [4.69, 9.17) is 0 Å². The molecule has 0 bridgehead atoms. The van der Waals surface area contributed by atoms with E-state index in [9.17, 15) is 18.0 Å². The third kappa shape index (κ3) is 4.92. The number of hydrogen-bond donors (Lipinski definition) is 2. The van der Waals surface area contributed by atoms with Crippen LogP contribution in [0.1, 0.15) is 33.0 Å². The lowest BCUT2D eigenvalue weighted by Gasteiger charge is -2.17. The minimum atomic E-state index is -4.33. The number of H-pyrrole nitrogens is 1. The highest BCUT2D eigenvalue weighted by atomic mass is 19.4. The van der Waals surface area contributed by atoms with E-state index in [0.717, 1.165) is 34.2 Å². The first-order valence-corrected chi connectivity index (χ1v) is 10.5. The van der Waals surface area contributed by atoms with E-state index in [-0.39, 0.29) is 11.7 Å². The highest BCUT2D eigenvalue weighted by molar-refractivity contribution is 6.10. The number of hydrogen-bond acceptors (Lipinski definition) is 2. The molecule has 32 heavy (non-hydrogen) atoms. The van der Waals surface area contributed by atoms with Gasteiger partial charge >= 0.3 is 6.18 Å². The third-order valence-corrected chi connectivity index (χ3v) is 5.59. The topological polar surface area (TPSA) is 44.9 Å². The van der Waals surface area contributed by atoms with Gasteiger partial charge in [0.2, 0.25) is 0 Å². The third-order valence-electron chi connectivity index (χ3n) is 5.59. The van der Waals surface area contributed by atoms with Crippen molar-refractivity contribution in [2.75, 3.05) is 13.1 Å². The van der Waals surface area contributed by atoms with Crippen molar-refractivity contribution in [1.82, 2.24) is 10.3 Å². The van der Waals surface area contributed by atoms with E-state index < -0.39 is 11.7 Å². The smallest absolute Gasteiger partial charge is 0.360 e. The van der Waals surface area contributed by atoms with Crippen LogP contribution in [0.2, 0.25) is 0 Å². The summed E-state index contributed by atoms with van der Waals surface area (Å²) in [5.41, 5.74) is 2.65. The van der Waals surface area contributed by atoms with Crippen molar-refractivity contribution < 1.29 is 18.0 Å². The number of aromatic nitrogens is 1. The zero-order valence-corrected chi connectivity index (χ0v) is 17.3. The number of Topliss-reactive ketones (excluding diaryl/α,β-unsaturated/α-hetero) is 1. The van der Waals surface area contributed by atoms with E-state index in [0.29, 0.717) is 25.1 Å². The average Bonchev–Trinajstić information content (AvgIpc) is 3.23. The summed E-state index contributed by atoms with van der Waals surface area (Å²) in [6.07, 6.45) is -2.01. The van der Waals surface area contributed by atoms with Gasteiger partial charge in [-0.2, -0.15) is 13.2 Å². The summed E-state index contributed by atoms with van der Waals surface area (Å²) in [6.45, 7) is 0.985. The molecule has 1 aromatic heterocycles. The van der Waals surface area contributed by atoms with Crippen LogP contribution in [0.15, 0.2) is 85.1 Å². The standard InChI is InChI=1S/C26H23F3N2O/c27-26(28,29)20-12-10-18(11-13-20)14-15-30-16-22(19-6-2-1-3-7-19)25(32)23-17-31-24-9-5-4-8-21(23)24/h1-13,17,22,30-31H,14-16H2. The van der Waals surface area contributed by atoms with Gasteiger partial charge in [-0.3, -0.25) is 4.79 Å². The largest absolute Gasteiger partial charge is 0.416 e. The van der Waals surface area contributed by atoms with Gasteiger partial charge in [0.25, 0.3) is 0 Å². The molecule has 0 radical (unpaired) electrons. The number of fused-ring (bicyclic) bond motifs is 1. The lowest BCUT2D eigenvalue weighted by molar-refractivity contribution is -0.137. The molecule has 1 heterocycles. The maximum atomic E-state index is 13.4. The maximum absolute atomic E-state index is 13.4. The SMILES string of the molecule is O=C(c1c[nH]c2ccccc12)C(CNCCc1ccc(C(F)(F)F)cc1)c1ccccc1. The van der Waals surface area contributed by atoms with Crippen LogP contribution in [0.4, 0.5) is 13.2 Å². The Kier molecular flexibility index (Phi) is 6.42. The maximum Gasteiger partial charge on any atom is 0.416 e. The van der Waals surface area contributed by atoms with Crippen LogP contribution < -0.4 is 5.32 Å².